The molecule has 0 unspecified atom stereocenters. The summed E-state index contributed by atoms with van der Waals surface area (Å²) in [5, 5.41) is 8.32. The maximum absolute atomic E-state index is 13.9. The summed E-state index contributed by atoms with van der Waals surface area (Å²) in [6.07, 6.45) is 5.21. The van der Waals surface area contributed by atoms with E-state index in [0.29, 0.717) is 5.78 Å². The van der Waals surface area contributed by atoms with Crippen LogP contribution in [0.25, 0.3) is 16.8 Å². The molecule has 1 fully saturated rings. The molecule has 10 heteroatoms. The van der Waals surface area contributed by atoms with Crippen molar-refractivity contribution in [1.82, 2.24) is 29.5 Å². The Kier molecular flexibility index (Phi) is 6.99. The Morgan fingerprint density at radius 2 is 1.56 bits per heavy atom. The van der Waals surface area contributed by atoms with Gasteiger partial charge in [-0.25, -0.2) is 13.8 Å². The number of halogens is 3. The maximum atomic E-state index is 13.9. The topological polar surface area (TPSA) is 62.5 Å². The summed E-state index contributed by atoms with van der Waals surface area (Å²) in [6, 6.07) is 15.4. The van der Waals surface area contributed by atoms with Crippen LogP contribution in [0.4, 0.5) is 14.6 Å². The predicted octanol–water partition coefficient (Wildman–Crippen LogP) is 6.18. The van der Waals surface area contributed by atoms with Crippen molar-refractivity contribution >= 4 is 38.6 Å². The minimum atomic E-state index is -0.277. The van der Waals surface area contributed by atoms with Gasteiger partial charge >= 0.3 is 0 Å². The van der Waals surface area contributed by atoms with Gasteiger partial charge in [-0.2, -0.15) is 4.98 Å². The first-order valence-corrected chi connectivity index (χ1v) is 13.9. The van der Waals surface area contributed by atoms with Gasteiger partial charge in [0.05, 0.1) is 11.6 Å². The highest BCUT2D eigenvalue weighted by Gasteiger charge is 2.38. The third-order valence-corrected chi connectivity index (χ3v) is 8.13. The molecule has 2 aromatic carbocycles. The van der Waals surface area contributed by atoms with Crippen molar-refractivity contribution in [2.24, 2.45) is 0 Å². The highest BCUT2D eigenvalue weighted by Crippen LogP contribution is 2.37. The first-order chi connectivity index (χ1) is 19.0. The van der Waals surface area contributed by atoms with Crippen molar-refractivity contribution in [2.45, 2.75) is 44.8 Å². The Morgan fingerprint density at radius 3 is 2.18 bits per heavy atom. The number of benzene rings is 2. The van der Waals surface area contributed by atoms with Crippen LogP contribution in [0.15, 0.2) is 71.6 Å². The molecule has 1 aliphatic heterocycles. The van der Waals surface area contributed by atoms with Crippen molar-refractivity contribution in [3.63, 3.8) is 0 Å². The molecule has 1 aliphatic rings. The molecular formula is C29H28BrF2N7. The Morgan fingerprint density at radius 1 is 0.923 bits per heavy atom. The third kappa shape index (κ3) is 4.76. The number of hydrogen-bond donors (Lipinski definition) is 0. The van der Waals surface area contributed by atoms with Crippen LogP contribution in [0.2, 0.25) is 0 Å². The standard InChI is InChI=1S/C29H28BrF2N7/c1-3-23-16-38(28-26-25(13-20(30)14-33-26)39-17-34-36-29(39)35-28)24(4-2)15-37(23)27(18-5-9-21(31)10-6-18)19-7-11-22(32)12-8-19/h5-14,17,23-24,27H,3-4,15-16H2,1-2H3/t23-,24+/m1/s1. The van der Waals surface area contributed by atoms with E-state index in [0.717, 1.165) is 58.4 Å². The van der Waals surface area contributed by atoms with Crippen molar-refractivity contribution in [3.05, 3.63) is 94.4 Å². The van der Waals surface area contributed by atoms with Crippen molar-refractivity contribution in [1.29, 1.82) is 0 Å². The molecule has 39 heavy (non-hydrogen) atoms. The smallest absolute Gasteiger partial charge is 0.257 e. The summed E-state index contributed by atoms with van der Waals surface area (Å²) in [7, 11) is 0. The predicted molar refractivity (Wildman–Crippen MR) is 151 cm³/mol. The summed E-state index contributed by atoms with van der Waals surface area (Å²) >= 11 is 3.55. The van der Waals surface area contributed by atoms with Crippen LogP contribution < -0.4 is 4.90 Å². The molecule has 0 N–H and O–H groups in total. The Hall–Kier alpha value is -3.50. The minimum Gasteiger partial charge on any atom is -0.349 e. The molecule has 0 radical (unpaired) electrons. The highest BCUT2D eigenvalue weighted by atomic mass is 79.9. The second kappa shape index (κ2) is 10.6. The van der Waals surface area contributed by atoms with Crippen molar-refractivity contribution < 1.29 is 8.78 Å². The molecule has 7 nitrogen and oxygen atoms in total. The lowest BCUT2D eigenvalue weighted by molar-refractivity contribution is 0.110. The van der Waals surface area contributed by atoms with E-state index in [1.807, 2.05) is 34.7 Å². The first-order valence-electron chi connectivity index (χ1n) is 13.1. The number of anilines is 1. The zero-order valence-electron chi connectivity index (χ0n) is 21.7. The maximum Gasteiger partial charge on any atom is 0.257 e. The largest absolute Gasteiger partial charge is 0.349 e. The minimum absolute atomic E-state index is 0.128. The molecule has 5 aromatic rings. The average molecular weight is 592 g/mol. The van der Waals surface area contributed by atoms with Crippen LogP contribution in [0.1, 0.15) is 43.9 Å². The Labute approximate surface area is 233 Å². The quantitative estimate of drug-likeness (QED) is 0.235. The zero-order valence-corrected chi connectivity index (χ0v) is 23.3. The molecule has 3 aromatic heterocycles. The van der Waals surface area contributed by atoms with Crippen LogP contribution in [0.3, 0.4) is 0 Å². The number of nitrogens with zero attached hydrogens (tertiary/aromatic N) is 7. The zero-order chi connectivity index (χ0) is 27.1. The molecule has 0 saturated carbocycles. The van der Waals surface area contributed by atoms with E-state index in [1.54, 1.807) is 12.5 Å². The summed E-state index contributed by atoms with van der Waals surface area (Å²) < 4.78 is 30.5. The van der Waals surface area contributed by atoms with Gasteiger partial charge in [0.25, 0.3) is 5.78 Å². The molecule has 0 aliphatic carbocycles. The second-order valence-corrected chi connectivity index (χ2v) is 10.9. The monoisotopic (exact) mass is 591 g/mol. The lowest BCUT2D eigenvalue weighted by atomic mass is 9.91. The summed E-state index contributed by atoms with van der Waals surface area (Å²) in [4.78, 5) is 14.5. The van der Waals surface area contributed by atoms with Gasteiger partial charge in [0.15, 0.2) is 5.82 Å². The highest BCUT2D eigenvalue weighted by molar-refractivity contribution is 9.10. The van der Waals surface area contributed by atoms with Crippen molar-refractivity contribution in [2.75, 3.05) is 18.0 Å². The van der Waals surface area contributed by atoms with Crippen LogP contribution >= 0.6 is 15.9 Å². The molecule has 200 valence electrons. The summed E-state index contributed by atoms with van der Waals surface area (Å²) in [5.74, 6) is 0.767. The normalized spacial score (nSPS) is 18.5. The number of pyridine rings is 1. The number of hydrogen-bond acceptors (Lipinski definition) is 6. The number of fused-ring (bicyclic) bond motifs is 3. The SMILES string of the molecule is CC[C@H]1CN(C(c2ccc(F)cc2)c2ccc(F)cc2)[C@H](CC)CN1c1nc2nncn2c2cc(Br)cnc12. The third-order valence-electron chi connectivity index (χ3n) is 7.70. The molecule has 2 atom stereocenters. The van der Waals surface area contributed by atoms with Gasteiger partial charge in [-0.3, -0.25) is 9.30 Å². The van der Waals surface area contributed by atoms with Crippen LogP contribution in [0, 0.1) is 11.6 Å². The van der Waals surface area contributed by atoms with E-state index in [-0.39, 0.29) is 29.8 Å². The molecular weight excluding hydrogens is 564 g/mol. The van der Waals surface area contributed by atoms with Crippen LogP contribution in [-0.4, -0.2) is 54.6 Å². The first kappa shape index (κ1) is 25.8. The van der Waals surface area contributed by atoms with E-state index in [9.17, 15) is 8.78 Å². The summed E-state index contributed by atoms with van der Waals surface area (Å²) in [6.45, 7) is 5.82. The lowest BCUT2D eigenvalue weighted by Crippen LogP contribution is -2.59. The van der Waals surface area contributed by atoms with Gasteiger partial charge in [-0.15, -0.1) is 10.2 Å². The molecule has 0 amide bonds. The van der Waals surface area contributed by atoms with Crippen LogP contribution in [0.5, 0.6) is 0 Å². The Bertz CT molecular complexity index is 1560. The van der Waals surface area contributed by atoms with Crippen LogP contribution in [-0.2, 0) is 0 Å². The molecule has 0 bridgehead atoms. The van der Waals surface area contributed by atoms with Crippen molar-refractivity contribution in [3.8, 4) is 0 Å². The van der Waals surface area contributed by atoms with E-state index in [1.165, 1.54) is 24.3 Å². The Balaban J connectivity index is 1.44. The van der Waals surface area contributed by atoms with Gasteiger partial charge in [0, 0.05) is 35.8 Å². The molecule has 6 rings (SSSR count). The molecule has 1 saturated heterocycles. The fourth-order valence-electron chi connectivity index (χ4n) is 5.73. The van der Waals surface area contributed by atoms with E-state index >= 15 is 0 Å². The van der Waals surface area contributed by atoms with Gasteiger partial charge < -0.3 is 4.90 Å². The molecule has 0 spiro atoms. The average Bonchev–Trinajstić information content (AvgIpc) is 3.43. The summed E-state index contributed by atoms with van der Waals surface area (Å²) in [5.41, 5.74) is 3.63. The number of rotatable bonds is 6. The van der Waals surface area contributed by atoms with Gasteiger partial charge in [-0.05, 0) is 70.2 Å². The van der Waals surface area contributed by atoms with Gasteiger partial charge in [0.1, 0.15) is 23.5 Å². The van der Waals surface area contributed by atoms with Gasteiger partial charge in [0.2, 0.25) is 0 Å². The van der Waals surface area contributed by atoms with E-state index in [4.69, 9.17) is 9.97 Å². The molecule has 4 heterocycles. The second-order valence-electron chi connectivity index (χ2n) is 9.94. The van der Waals surface area contributed by atoms with Gasteiger partial charge in [-0.1, -0.05) is 38.1 Å². The fourth-order valence-corrected chi connectivity index (χ4v) is 6.05. The number of piperazine rings is 1. The lowest BCUT2D eigenvalue weighted by Gasteiger charge is -2.50. The number of aromatic nitrogens is 5. The fraction of sp³-hybridized carbons (Fsp3) is 0.310. The van der Waals surface area contributed by atoms with E-state index in [2.05, 4.69) is 49.8 Å². The van der Waals surface area contributed by atoms with E-state index < -0.39 is 0 Å².